The van der Waals surface area contributed by atoms with E-state index in [0.29, 0.717) is 35.5 Å². The molecule has 0 radical (unpaired) electrons. The molecular weight excluding hydrogens is 553 g/mol. The number of nitrogens with zero attached hydrogens (tertiary/aromatic N) is 8. The Balaban J connectivity index is 1.36. The number of carbonyl (C=O) groups is 1. The molecule has 12 nitrogen and oxygen atoms in total. The Hall–Kier alpha value is -5.07. The van der Waals surface area contributed by atoms with Gasteiger partial charge >= 0.3 is 12.1 Å². The summed E-state index contributed by atoms with van der Waals surface area (Å²) in [6.45, 7) is 10.3. The molecule has 5 aromatic rings. The van der Waals surface area contributed by atoms with Crippen molar-refractivity contribution in [2.75, 3.05) is 18.8 Å². The Bertz CT molecular complexity index is 1840. The van der Waals surface area contributed by atoms with Gasteiger partial charge in [0.2, 0.25) is 0 Å². The molecule has 1 aliphatic heterocycles. The number of anilines is 1. The van der Waals surface area contributed by atoms with E-state index in [4.69, 9.17) is 15.2 Å². The molecule has 1 aliphatic rings. The Kier molecular flexibility index (Phi) is 6.95. The lowest BCUT2D eigenvalue weighted by molar-refractivity contribution is 0.0288. The zero-order valence-electron chi connectivity index (χ0n) is 24.6. The summed E-state index contributed by atoms with van der Waals surface area (Å²) in [4.78, 5) is 31.2. The normalized spacial score (nSPS) is 15.3. The number of hydrogen-bond donors (Lipinski definition) is 1. The monoisotopic (exact) mass is 585 g/mol. The average molecular weight is 586 g/mol. The molecule has 1 aromatic carbocycles. The van der Waals surface area contributed by atoms with Crippen molar-refractivity contribution in [2.45, 2.75) is 52.7 Å². The van der Waals surface area contributed by atoms with Gasteiger partial charge in [0.25, 0.3) is 0 Å². The Morgan fingerprint density at radius 2 is 1.95 bits per heavy atom. The summed E-state index contributed by atoms with van der Waals surface area (Å²) >= 11 is 0. The van der Waals surface area contributed by atoms with Crippen LogP contribution in [-0.4, -0.2) is 64.0 Å². The maximum Gasteiger partial charge on any atom is 0.410 e. The summed E-state index contributed by atoms with van der Waals surface area (Å²) < 4.78 is 30.3. The fourth-order valence-corrected chi connectivity index (χ4v) is 5.28. The lowest BCUT2D eigenvalue weighted by Gasteiger charge is -2.24. The zero-order valence-corrected chi connectivity index (χ0v) is 24.6. The second-order valence-corrected chi connectivity index (χ2v) is 11.5. The number of aromatic nitrogens is 7. The highest BCUT2D eigenvalue weighted by molar-refractivity contribution is 5.95. The van der Waals surface area contributed by atoms with Crippen LogP contribution >= 0.6 is 0 Å². The Labute approximate surface area is 247 Å². The SMILES string of the molecule is Cc1ccnc(Oc2ccc(-n3c(-c4cnn(C5CCN(C(=O)OC(C)(C)C)C5)c4)c(C)c4ncnc(N)c43)cc2F)n1. The van der Waals surface area contributed by atoms with Crippen molar-refractivity contribution < 1.29 is 18.7 Å². The van der Waals surface area contributed by atoms with Crippen molar-refractivity contribution >= 4 is 22.9 Å². The smallest absolute Gasteiger partial charge is 0.410 e. The molecule has 6 rings (SSSR count). The molecule has 0 saturated carbocycles. The second kappa shape index (κ2) is 10.6. The van der Waals surface area contributed by atoms with Gasteiger partial charge in [-0.3, -0.25) is 4.68 Å². The van der Waals surface area contributed by atoms with Crippen LogP contribution in [0, 0.1) is 19.7 Å². The molecule has 5 heterocycles. The predicted molar refractivity (Wildman–Crippen MR) is 157 cm³/mol. The van der Waals surface area contributed by atoms with Gasteiger partial charge in [0.15, 0.2) is 17.4 Å². The number of nitrogen functional groups attached to an aromatic ring is 1. The number of hydrogen-bond acceptors (Lipinski definition) is 9. The van der Waals surface area contributed by atoms with Gasteiger partial charge in [0.1, 0.15) is 17.4 Å². The number of rotatable bonds is 5. The van der Waals surface area contributed by atoms with Crippen LogP contribution in [0.15, 0.2) is 49.2 Å². The van der Waals surface area contributed by atoms with Crippen molar-refractivity contribution in [1.29, 1.82) is 0 Å². The van der Waals surface area contributed by atoms with E-state index in [1.807, 2.05) is 43.1 Å². The van der Waals surface area contributed by atoms with E-state index in [1.165, 1.54) is 18.5 Å². The summed E-state index contributed by atoms with van der Waals surface area (Å²) in [6, 6.07) is 6.36. The molecule has 13 heteroatoms. The van der Waals surface area contributed by atoms with Crippen LogP contribution in [0.2, 0.25) is 0 Å². The average Bonchev–Trinajstić information content (AvgIpc) is 3.68. The quantitative estimate of drug-likeness (QED) is 0.288. The van der Waals surface area contributed by atoms with Gasteiger partial charge in [-0.15, -0.1) is 0 Å². The third-order valence-corrected chi connectivity index (χ3v) is 7.22. The van der Waals surface area contributed by atoms with Crippen molar-refractivity contribution in [3.05, 3.63) is 66.3 Å². The van der Waals surface area contributed by atoms with E-state index in [2.05, 4.69) is 25.0 Å². The van der Waals surface area contributed by atoms with E-state index in [9.17, 15) is 4.79 Å². The minimum atomic E-state index is -0.604. The van der Waals surface area contributed by atoms with Gasteiger partial charge in [0, 0.05) is 54.1 Å². The fraction of sp³-hybridized carbons (Fsp3) is 0.333. The van der Waals surface area contributed by atoms with Crippen LogP contribution in [0.3, 0.4) is 0 Å². The lowest BCUT2D eigenvalue weighted by atomic mass is 10.1. The number of carbonyl (C=O) groups excluding carboxylic acids is 1. The highest BCUT2D eigenvalue weighted by Gasteiger charge is 2.32. The predicted octanol–water partition coefficient (Wildman–Crippen LogP) is 5.39. The van der Waals surface area contributed by atoms with Gasteiger partial charge < -0.3 is 24.7 Å². The van der Waals surface area contributed by atoms with Crippen molar-refractivity contribution in [2.24, 2.45) is 0 Å². The molecule has 2 N–H and O–H groups in total. The van der Waals surface area contributed by atoms with Crippen LogP contribution in [0.4, 0.5) is 15.0 Å². The minimum Gasteiger partial charge on any atom is -0.444 e. The standard InChI is InChI=1S/C30H32FN9O3/c1-17-8-10-33-28(37-17)42-23-7-6-20(12-22(23)31)40-25(18(2)24-26(40)27(32)35-16-34-24)19-13-36-39(14-19)21-9-11-38(15-21)29(41)43-30(3,4)5/h6-8,10,12-14,16,21H,9,11,15H2,1-5H3,(H2,32,34,35). The van der Waals surface area contributed by atoms with E-state index in [1.54, 1.807) is 36.4 Å². The van der Waals surface area contributed by atoms with Crippen LogP contribution in [-0.2, 0) is 4.74 Å². The minimum absolute atomic E-state index is 0.0168. The molecule has 1 saturated heterocycles. The molecule has 43 heavy (non-hydrogen) atoms. The van der Waals surface area contributed by atoms with Crippen LogP contribution in [0.1, 0.15) is 44.5 Å². The van der Waals surface area contributed by atoms with Gasteiger partial charge in [-0.1, -0.05) is 0 Å². The zero-order chi connectivity index (χ0) is 30.5. The molecule has 0 bridgehead atoms. The number of benzene rings is 1. The van der Waals surface area contributed by atoms with Gasteiger partial charge in [0.05, 0.1) is 23.4 Å². The van der Waals surface area contributed by atoms with Gasteiger partial charge in [-0.05, 0) is 59.2 Å². The summed E-state index contributed by atoms with van der Waals surface area (Å²) in [7, 11) is 0. The number of nitrogens with two attached hydrogens (primary N) is 1. The number of likely N-dealkylation sites (tertiary alicyclic amines) is 1. The maximum absolute atomic E-state index is 15.5. The molecule has 1 unspecified atom stereocenters. The summed E-state index contributed by atoms with van der Waals surface area (Å²) in [5, 5.41) is 4.65. The molecule has 0 spiro atoms. The lowest BCUT2D eigenvalue weighted by Crippen LogP contribution is -2.35. The van der Waals surface area contributed by atoms with Gasteiger partial charge in [-0.2, -0.15) is 5.10 Å². The first-order valence-electron chi connectivity index (χ1n) is 13.9. The highest BCUT2D eigenvalue weighted by atomic mass is 19.1. The Morgan fingerprint density at radius 3 is 2.70 bits per heavy atom. The topological polar surface area (TPSA) is 139 Å². The highest BCUT2D eigenvalue weighted by Crippen LogP contribution is 2.38. The fourth-order valence-electron chi connectivity index (χ4n) is 5.28. The first-order chi connectivity index (χ1) is 20.5. The summed E-state index contributed by atoms with van der Waals surface area (Å²) in [5.41, 5.74) is 10.5. The van der Waals surface area contributed by atoms with Crippen molar-refractivity contribution in [1.82, 2.24) is 39.2 Å². The number of aryl methyl sites for hydroxylation is 2. The van der Waals surface area contributed by atoms with Crippen molar-refractivity contribution in [3.8, 4) is 28.7 Å². The number of amides is 1. The molecule has 1 fully saturated rings. The number of ether oxygens (including phenoxy) is 2. The molecule has 0 aliphatic carbocycles. The third-order valence-electron chi connectivity index (χ3n) is 7.22. The van der Waals surface area contributed by atoms with E-state index < -0.39 is 11.4 Å². The van der Waals surface area contributed by atoms with Crippen molar-refractivity contribution in [3.63, 3.8) is 0 Å². The van der Waals surface area contributed by atoms with E-state index in [0.717, 1.165) is 23.2 Å². The van der Waals surface area contributed by atoms with E-state index in [-0.39, 0.29) is 29.7 Å². The van der Waals surface area contributed by atoms with Crippen LogP contribution < -0.4 is 10.5 Å². The first kappa shape index (κ1) is 28.1. The van der Waals surface area contributed by atoms with Crippen LogP contribution in [0.25, 0.3) is 28.0 Å². The van der Waals surface area contributed by atoms with Crippen LogP contribution in [0.5, 0.6) is 11.8 Å². The summed E-state index contributed by atoms with van der Waals surface area (Å²) in [5.74, 6) is -0.367. The largest absolute Gasteiger partial charge is 0.444 e. The Morgan fingerprint density at radius 1 is 1.14 bits per heavy atom. The summed E-state index contributed by atoms with van der Waals surface area (Å²) in [6.07, 6.45) is 7.03. The number of halogens is 1. The maximum atomic E-state index is 15.5. The second-order valence-electron chi connectivity index (χ2n) is 11.5. The molecule has 4 aromatic heterocycles. The third kappa shape index (κ3) is 5.45. The van der Waals surface area contributed by atoms with Gasteiger partial charge in [-0.25, -0.2) is 29.1 Å². The first-order valence-corrected chi connectivity index (χ1v) is 13.9. The molecule has 1 amide bonds. The molecular formula is C30H32FN9O3. The number of fused-ring (bicyclic) bond motifs is 1. The molecule has 222 valence electrons. The molecule has 1 atom stereocenters. The van der Waals surface area contributed by atoms with E-state index >= 15 is 4.39 Å².